The summed E-state index contributed by atoms with van der Waals surface area (Å²) >= 11 is 0. The maximum Gasteiger partial charge on any atom is 0.269 e. The first-order chi connectivity index (χ1) is 11.9. The zero-order chi connectivity index (χ0) is 18.0. The topological polar surface area (TPSA) is 83.8 Å². The summed E-state index contributed by atoms with van der Waals surface area (Å²) < 4.78 is 39.8. The van der Waals surface area contributed by atoms with Gasteiger partial charge in [-0.1, -0.05) is 6.07 Å². The highest BCUT2D eigenvalue weighted by molar-refractivity contribution is 7.89. The van der Waals surface area contributed by atoms with Crippen LogP contribution in [0.25, 0.3) is 0 Å². The van der Waals surface area contributed by atoms with Crippen LogP contribution in [0.2, 0.25) is 0 Å². The fraction of sp³-hybridized carbons (Fsp3) is 0.250. The van der Waals surface area contributed by atoms with Gasteiger partial charge in [0, 0.05) is 44.0 Å². The second-order valence-electron chi connectivity index (χ2n) is 5.62. The van der Waals surface area contributed by atoms with Crippen molar-refractivity contribution in [2.45, 2.75) is 4.90 Å². The van der Waals surface area contributed by atoms with Crippen LogP contribution in [0.1, 0.15) is 0 Å². The number of piperazine rings is 1. The van der Waals surface area contributed by atoms with Gasteiger partial charge in [0.15, 0.2) is 0 Å². The Labute approximate surface area is 144 Å². The van der Waals surface area contributed by atoms with E-state index < -0.39 is 20.8 Å². The number of sulfonamides is 1. The first kappa shape index (κ1) is 17.3. The lowest BCUT2D eigenvalue weighted by molar-refractivity contribution is -0.384. The van der Waals surface area contributed by atoms with Gasteiger partial charge in [-0.15, -0.1) is 0 Å². The van der Waals surface area contributed by atoms with Crippen LogP contribution < -0.4 is 4.90 Å². The van der Waals surface area contributed by atoms with E-state index in [2.05, 4.69) is 0 Å². The lowest BCUT2D eigenvalue weighted by Crippen LogP contribution is -2.48. The third-order valence-corrected chi connectivity index (χ3v) is 5.99. The number of nitrogens with zero attached hydrogens (tertiary/aromatic N) is 3. The van der Waals surface area contributed by atoms with E-state index in [-0.39, 0.29) is 23.7 Å². The molecule has 0 saturated carbocycles. The average Bonchev–Trinajstić information content (AvgIpc) is 2.62. The number of benzene rings is 2. The first-order valence-corrected chi connectivity index (χ1v) is 9.07. The maximum absolute atomic E-state index is 13.3. The molecule has 0 aromatic heterocycles. The van der Waals surface area contributed by atoms with Crippen LogP contribution in [-0.2, 0) is 10.0 Å². The Morgan fingerprint density at radius 3 is 2.20 bits per heavy atom. The van der Waals surface area contributed by atoms with Gasteiger partial charge in [0.2, 0.25) is 10.0 Å². The molecule has 0 amide bonds. The Bertz CT molecular complexity index is 879. The smallest absolute Gasteiger partial charge is 0.269 e. The quantitative estimate of drug-likeness (QED) is 0.613. The number of non-ortho nitro benzene ring substituents is 1. The minimum absolute atomic E-state index is 0.0102. The Hall–Kier alpha value is -2.52. The fourth-order valence-corrected chi connectivity index (χ4v) is 4.20. The van der Waals surface area contributed by atoms with Gasteiger partial charge in [0.05, 0.1) is 9.82 Å². The molecule has 0 atom stereocenters. The molecule has 0 N–H and O–H groups in total. The number of anilines is 1. The number of nitro benzene ring substituents is 1. The monoisotopic (exact) mass is 365 g/mol. The summed E-state index contributed by atoms with van der Waals surface area (Å²) in [6, 6.07) is 11.1. The van der Waals surface area contributed by atoms with Gasteiger partial charge in [-0.2, -0.15) is 4.31 Å². The molecular weight excluding hydrogens is 349 g/mol. The van der Waals surface area contributed by atoms with E-state index in [4.69, 9.17) is 0 Å². The molecule has 0 aliphatic carbocycles. The number of halogens is 1. The molecule has 0 unspecified atom stereocenters. The summed E-state index contributed by atoms with van der Waals surface area (Å²) in [5, 5.41) is 10.7. The highest BCUT2D eigenvalue weighted by Gasteiger charge is 2.28. The zero-order valence-electron chi connectivity index (χ0n) is 13.2. The van der Waals surface area contributed by atoms with E-state index in [1.165, 1.54) is 34.6 Å². The second-order valence-corrected chi connectivity index (χ2v) is 7.56. The Morgan fingerprint density at radius 2 is 1.64 bits per heavy atom. The Kier molecular flexibility index (Phi) is 4.69. The molecule has 25 heavy (non-hydrogen) atoms. The molecule has 1 aliphatic rings. The molecule has 1 fully saturated rings. The predicted octanol–water partition coefficient (Wildman–Crippen LogP) is 2.24. The predicted molar refractivity (Wildman–Crippen MR) is 90.5 cm³/mol. The standard InChI is InChI=1S/C16H16FN3O4S/c17-13-2-1-3-16(12-13)25(23,24)19-10-8-18(9-11-19)14-4-6-15(7-5-14)20(21)22/h1-7,12H,8-11H2. The number of nitro groups is 1. The molecule has 132 valence electrons. The number of rotatable bonds is 4. The van der Waals surface area contributed by atoms with E-state index in [0.29, 0.717) is 13.1 Å². The van der Waals surface area contributed by atoms with Crippen molar-refractivity contribution in [3.63, 3.8) is 0 Å². The summed E-state index contributed by atoms with van der Waals surface area (Å²) in [6.45, 7) is 1.42. The van der Waals surface area contributed by atoms with Gasteiger partial charge in [-0.05, 0) is 30.3 Å². The van der Waals surface area contributed by atoms with Crippen molar-refractivity contribution in [3.05, 3.63) is 64.5 Å². The van der Waals surface area contributed by atoms with Crippen molar-refractivity contribution in [2.75, 3.05) is 31.1 Å². The van der Waals surface area contributed by atoms with E-state index in [1.807, 2.05) is 4.90 Å². The van der Waals surface area contributed by atoms with Gasteiger partial charge in [0.25, 0.3) is 5.69 Å². The molecule has 7 nitrogen and oxygen atoms in total. The molecule has 0 spiro atoms. The molecule has 2 aromatic rings. The van der Waals surface area contributed by atoms with Gasteiger partial charge in [-0.25, -0.2) is 12.8 Å². The van der Waals surface area contributed by atoms with Crippen LogP contribution in [0.5, 0.6) is 0 Å². The summed E-state index contributed by atoms with van der Waals surface area (Å²) in [7, 11) is -3.73. The minimum Gasteiger partial charge on any atom is -0.369 e. The largest absolute Gasteiger partial charge is 0.369 e. The molecule has 3 rings (SSSR count). The van der Waals surface area contributed by atoms with E-state index in [1.54, 1.807) is 12.1 Å². The molecular formula is C16H16FN3O4S. The van der Waals surface area contributed by atoms with E-state index in [0.717, 1.165) is 11.8 Å². The summed E-state index contributed by atoms with van der Waals surface area (Å²) in [6.07, 6.45) is 0. The average molecular weight is 365 g/mol. The molecule has 0 bridgehead atoms. The molecule has 0 radical (unpaired) electrons. The molecule has 1 heterocycles. The Balaban J connectivity index is 1.70. The van der Waals surface area contributed by atoms with Crippen LogP contribution >= 0.6 is 0 Å². The minimum atomic E-state index is -3.73. The van der Waals surface area contributed by atoms with Crippen molar-refractivity contribution in [3.8, 4) is 0 Å². The SMILES string of the molecule is O=[N+]([O-])c1ccc(N2CCN(S(=O)(=O)c3cccc(F)c3)CC2)cc1. The number of hydrogen-bond donors (Lipinski definition) is 0. The van der Waals surface area contributed by atoms with Crippen LogP contribution in [0.4, 0.5) is 15.8 Å². The molecule has 9 heteroatoms. The Morgan fingerprint density at radius 1 is 1.00 bits per heavy atom. The highest BCUT2D eigenvalue weighted by atomic mass is 32.2. The lowest BCUT2D eigenvalue weighted by Gasteiger charge is -2.35. The van der Waals surface area contributed by atoms with Gasteiger partial charge in [0.1, 0.15) is 5.82 Å². The van der Waals surface area contributed by atoms with Crippen molar-refractivity contribution in [2.24, 2.45) is 0 Å². The number of hydrogen-bond acceptors (Lipinski definition) is 5. The fourth-order valence-electron chi connectivity index (χ4n) is 2.75. The van der Waals surface area contributed by atoms with Crippen LogP contribution in [-0.4, -0.2) is 43.8 Å². The zero-order valence-corrected chi connectivity index (χ0v) is 14.0. The molecule has 1 saturated heterocycles. The first-order valence-electron chi connectivity index (χ1n) is 7.63. The maximum atomic E-state index is 13.3. The second kappa shape index (κ2) is 6.77. The van der Waals surface area contributed by atoms with E-state index >= 15 is 0 Å². The molecule has 2 aromatic carbocycles. The third kappa shape index (κ3) is 3.62. The van der Waals surface area contributed by atoms with Crippen LogP contribution in [0.15, 0.2) is 53.4 Å². The summed E-state index contributed by atoms with van der Waals surface area (Å²) in [5.74, 6) is -0.592. The third-order valence-electron chi connectivity index (χ3n) is 4.10. The van der Waals surface area contributed by atoms with Crippen molar-refractivity contribution < 1.29 is 17.7 Å². The highest BCUT2D eigenvalue weighted by Crippen LogP contribution is 2.23. The van der Waals surface area contributed by atoms with Crippen LogP contribution in [0.3, 0.4) is 0 Å². The van der Waals surface area contributed by atoms with Gasteiger partial charge >= 0.3 is 0 Å². The van der Waals surface area contributed by atoms with E-state index in [9.17, 15) is 22.9 Å². The van der Waals surface area contributed by atoms with Crippen LogP contribution in [0, 0.1) is 15.9 Å². The van der Waals surface area contributed by atoms with Gasteiger partial charge < -0.3 is 4.90 Å². The molecule has 1 aliphatic heterocycles. The van der Waals surface area contributed by atoms with Crippen molar-refractivity contribution in [1.82, 2.24) is 4.31 Å². The van der Waals surface area contributed by atoms with Crippen molar-refractivity contribution >= 4 is 21.4 Å². The summed E-state index contributed by atoms with van der Waals surface area (Å²) in [5.41, 5.74) is 0.810. The van der Waals surface area contributed by atoms with Crippen molar-refractivity contribution in [1.29, 1.82) is 0 Å². The lowest BCUT2D eigenvalue weighted by atomic mass is 10.2. The van der Waals surface area contributed by atoms with Gasteiger partial charge in [-0.3, -0.25) is 10.1 Å². The normalized spacial score (nSPS) is 16.0. The summed E-state index contributed by atoms with van der Waals surface area (Å²) in [4.78, 5) is 12.1.